The lowest BCUT2D eigenvalue weighted by Crippen LogP contribution is -2.15. The summed E-state index contributed by atoms with van der Waals surface area (Å²) >= 11 is 0. The van der Waals surface area contributed by atoms with Crippen molar-refractivity contribution in [3.63, 3.8) is 0 Å². The van der Waals surface area contributed by atoms with Gasteiger partial charge in [-0.15, -0.1) is 10.2 Å². The van der Waals surface area contributed by atoms with Gasteiger partial charge in [-0.2, -0.15) is 5.10 Å². The minimum absolute atomic E-state index is 0.565. The van der Waals surface area contributed by atoms with Crippen LogP contribution in [0.2, 0.25) is 0 Å². The van der Waals surface area contributed by atoms with Crippen molar-refractivity contribution in [1.82, 2.24) is 15.1 Å². The van der Waals surface area contributed by atoms with E-state index in [1.54, 1.807) is 10.9 Å². The number of aryl methyl sites for hydroxylation is 1. The minimum atomic E-state index is 0.565. The Hall–Kier alpha value is -1.92. The summed E-state index contributed by atoms with van der Waals surface area (Å²) in [5.41, 5.74) is 6.59. The molecule has 3 N–H and O–H groups in total. The summed E-state index contributed by atoms with van der Waals surface area (Å²) in [4.78, 5) is 4.13. The van der Waals surface area contributed by atoms with Gasteiger partial charge in [-0.05, 0) is 6.42 Å². The fourth-order valence-electron chi connectivity index (χ4n) is 1.88. The number of hydrogen-bond donors (Lipinski definition) is 2. The van der Waals surface area contributed by atoms with E-state index >= 15 is 0 Å². The van der Waals surface area contributed by atoms with Gasteiger partial charge in [0, 0.05) is 13.1 Å². The Balaban J connectivity index is 1.90. The number of anilines is 1. The first-order valence-electron chi connectivity index (χ1n) is 6.82. The molecule has 0 saturated heterocycles. The molecular formula is C12H21N7. The number of nitrogens with zero attached hydrogens (tertiary/aromatic N) is 5. The van der Waals surface area contributed by atoms with Crippen molar-refractivity contribution in [3.8, 4) is 0 Å². The second kappa shape index (κ2) is 6.86. The summed E-state index contributed by atoms with van der Waals surface area (Å²) in [5.74, 6) is 1.13. The Morgan fingerprint density at radius 1 is 1.37 bits per heavy atom. The Morgan fingerprint density at radius 3 is 3.00 bits per heavy atom. The molecule has 104 valence electrons. The largest absolute Gasteiger partial charge is 0.382 e. The topological polar surface area (TPSA) is 92.9 Å². The van der Waals surface area contributed by atoms with Gasteiger partial charge in [-0.3, -0.25) is 0 Å². The van der Waals surface area contributed by atoms with Gasteiger partial charge in [0.15, 0.2) is 0 Å². The number of nitrogens with two attached hydrogens (primary N) is 1. The van der Waals surface area contributed by atoms with Gasteiger partial charge in [-0.1, -0.05) is 26.2 Å². The van der Waals surface area contributed by atoms with Crippen molar-refractivity contribution in [2.45, 2.75) is 39.2 Å². The number of azo groups is 1. The van der Waals surface area contributed by atoms with Crippen LogP contribution in [0.15, 0.2) is 21.4 Å². The van der Waals surface area contributed by atoms with Crippen LogP contribution in [0.1, 0.15) is 32.6 Å². The maximum Gasteiger partial charge on any atom is 0.238 e. The molecule has 0 bridgehead atoms. The summed E-state index contributed by atoms with van der Waals surface area (Å²) in [7, 11) is 0. The SMILES string of the molecule is CCCCCCn1ncc(N=NC2=NCCN2)c1N. The van der Waals surface area contributed by atoms with Crippen LogP contribution >= 0.6 is 0 Å². The first-order valence-corrected chi connectivity index (χ1v) is 6.82. The van der Waals surface area contributed by atoms with Crippen LogP contribution in [-0.4, -0.2) is 28.8 Å². The summed E-state index contributed by atoms with van der Waals surface area (Å²) in [6.07, 6.45) is 6.41. The summed E-state index contributed by atoms with van der Waals surface area (Å²) in [6.45, 7) is 4.60. The highest BCUT2D eigenvalue weighted by atomic mass is 15.3. The molecule has 0 fully saturated rings. The lowest BCUT2D eigenvalue weighted by molar-refractivity contribution is 0.547. The van der Waals surface area contributed by atoms with Crippen molar-refractivity contribution in [1.29, 1.82) is 0 Å². The highest BCUT2D eigenvalue weighted by molar-refractivity contribution is 5.81. The van der Waals surface area contributed by atoms with Crippen LogP contribution in [0.4, 0.5) is 11.5 Å². The molecule has 1 aromatic rings. The molecule has 0 amide bonds. The minimum Gasteiger partial charge on any atom is -0.382 e. The number of nitrogen functional groups attached to an aromatic ring is 1. The zero-order valence-corrected chi connectivity index (χ0v) is 11.3. The molecule has 0 unspecified atom stereocenters. The molecule has 19 heavy (non-hydrogen) atoms. The lowest BCUT2D eigenvalue weighted by Gasteiger charge is -2.03. The maximum absolute atomic E-state index is 5.99. The van der Waals surface area contributed by atoms with Crippen LogP contribution in [0.25, 0.3) is 0 Å². The van der Waals surface area contributed by atoms with E-state index in [2.05, 4.69) is 32.6 Å². The Morgan fingerprint density at radius 2 is 2.26 bits per heavy atom. The molecule has 0 aromatic carbocycles. The predicted octanol–water partition coefficient (Wildman–Crippen LogP) is 2.09. The van der Waals surface area contributed by atoms with Crippen molar-refractivity contribution in [2.75, 3.05) is 18.8 Å². The quantitative estimate of drug-likeness (QED) is 0.608. The first-order chi connectivity index (χ1) is 9.31. The molecule has 1 aliphatic rings. The second-order valence-electron chi connectivity index (χ2n) is 4.53. The molecule has 2 rings (SSSR count). The highest BCUT2D eigenvalue weighted by Crippen LogP contribution is 2.22. The van der Waals surface area contributed by atoms with Crippen LogP contribution < -0.4 is 11.1 Å². The van der Waals surface area contributed by atoms with E-state index in [9.17, 15) is 0 Å². The smallest absolute Gasteiger partial charge is 0.238 e. The average Bonchev–Trinajstić information content (AvgIpc) is 3.04. The molecule has 0 saturated carbocycles. The van der Waals surface area contributed by atoms with E-state index in [1.165, 1.54) is 19.3 Å². The fourth-order valence-corrected chi connectivity index (χ4v) is 1.88. The monoisotopic (exact) mass is 263 g/mol. The predicted molar refractivity (Wildman–Crippen MR) is 75.6 cm³/mol. The number of aromatic nitrogens is 2. The van der Waals surface area contributed by atoms with Gasteiger partial charge in [0.2, 0.25) is 5.96 Å². The van der Waals surface area contributed by atoms with E-state index in [0.717, 1.165) is 26.1 Å². The summed E-state index contributed by atoms with van der Waals surface area (Å²) in [5, 5.41) is 15.3. The average molecular weight is 263 g/mol. The van der Waals surface area contributed by atoms with Gasteiger partial charge >= 0.3 is 0 Å². The Kier molecular flexibility index (Phi) is 4.88. The van der Waals surface area contributed by atoms with E-state index in [0.29, 0.717) is 17.5 Å². The first kappa shape index (κ1) is 13.5. The summed E-state index contributed by atoms with van der Waals surface area (Å²) < 4.78 is 1.79. The molecule has 7 heteroatoms. The third-order valence-corrected chi connectivity index (χ3v) is 2.99. The van der Waals surface area contributed by atoms with Crippen LogP contribution in [-0.2, 0) is 6.54 Å². The van der Waals surface area contributed by atoms with E-state index in [4.69, 9.17) is 5.73 Å². The van der Waals surface area contributed by atoms with Gasteiger partial charge in [0.25, 0.3) is 0 Å². The molecule has 0 spiro atoms. The van der Waals surface area contributed by atoms with Gasteiger partial charge in [0.1, 0.15) is 11.5 Å². The fraction of sp³-hybridized carbons (Fsp3) is 0.667. The Bertz CT molecular complexity index is 461. The molecular weight excluding hydrogens is 242 g/mol. The van der Waals surface area contributed by atoms with Crippen LogP contribution in [0.5, 0.6) is 0 Å². The van der Waals surface area contributed by atoms with Crippen LogP contribution in [0, 0.1) is 0 Å². The lowest BCUT2D eigenvalue weighted by atomic mass is 10.2. The molecule has 7 nitrogen and oxygen atoms in total. The molecule has 0 atom stereocenters. The number of unbranched alkanes of at least 4 members (excludes halogenated alkanes) is 3. The number of aliphatic imine (C=N–C) groups is 1. The van der Waals surface area contributed by atoms with Crippen molar-refractivity contribution >= 4 is 17.5 Å². The zero-order valence-electron chi connectivity index (χ0n) is 11.3. The number of nitrogens with one attached hydrogen (secondary N) is 1. The van der Waals surface area contributed by atoms with Crippen molar-refractivity contribution in [3.05, 3.63) is 6.20 Å². The zero-order chi connectivity index (χ0) is 13.5. The number of rotatable bonds is 6. The highest BCUT2D eigenvalue weighted by Gasteiger charge is 2.07. The number of guanidine groups is 1. The molecule has 2 heterocycles. The Labute approximate surface area is 113 Å². The van der Waals surface area contributed by atoms with Gasteiger partial charge < -0.3 is 11.1 Å². The summed E-state index contributed by atoms with van der Waals surface area (Å²) in [6, 6.07) is 0. The third-order valence-electron chi connectivity index (χ3n) is 2.99. The molecule has 0 aliphatic carbocycles. The van der Waals surface area contributed by atoms with Crippen molar-refractivity contribution in [2.24, 2.45) is 15.2 Å². The normalized spacial score (nSPS) is 14.9. The number of hydrogen-bond acceptors (Lipinski definition) is 6. The molecule has 1 aliphatic heterocycles. The molecule has 1 aromatic heterocycles. The maximum atomic E-state index is 5.99. The van der Waals surface area contributed by atoms with E-state index < -0.39 is 0 Å². The van der Waals surface area contributed by atoms with E-state index in [1.807, 2.05) is 0 Å². The van der Waals surface area contributed by atoms with E-state index in [-0.39, 0.29) is 0 Å². The second-order valence-corrected chi connectivity index (χ2v) is 4.53. The third kappa shape index (κ3) is 3.77. The van der Waals surface area contributed by atoms with Gasteiger partial charge in [-0.25, -0.2) is 9.67 Å². The standard InChI is InChI=1S/C12H21N7/c1-2-3-4-5-8-19-11(13)10(9-16-19)17-18-12-14-6-7-15-12/h9H,2-8,13H2,1H3,(H,14,15). The van der Waals surface area contributed by atoms with Crippen molar-refractivity contribution < 1.29 is 0 Å². The van der Waals surface area contributed by atoms with Crippen LogP contribution in [0.3, 0.4) is 0 Å². The van der Waals surface area contributed by atoms with Gasteiger partial charge in [0.05, 0.1) is 12.7 Å². The molecule has 0 radical (unpaired) electrons.